The van der Waals surface area contributed by atoms with Gasteiger partial charge in [0.25, 0.3) is 5.91 Å². The van der Waals surface area contributed by atoms with Crippen molar-refractivity contribution < 1.29 is 14.6 Å². The van der Waals surface area contributed by atoms with Crippen LogP contribution < -0.4 is 4.74 Å². The summed E-state index contributed by atoms with van der Waals surface area (Å²) in [7, 11) is 1.60. The molecule has 1 N–H and O–H groups in total. The lowest BCUT2D eigenvalue weighted by Crippen LogP contribution is -2.32. The summed E-state index contributed by atoms with van der Waals surface area (Å²) >= 11 is 6.08. The summed E-state index contributed by atoms with van der Waals surface area (Å²) in [6.07, 6.45) is 2.91. The average molecular weight is 333 g/mol. The van der Waals surface area contributed by atoms with E-state index in [0.717, 1.165) is 11.3 Å². The average Bonchev–Trinajstić information content (AvgIpc) is 2.96. The molecule has 0 bridgehead atoms. The molecular weight excluding hydrogens is 316 g/mol. The molecule has 0 radical (unpaired) electrons. The molecule has 2 aromatic rings. The second-order valence-electron chi connectivity index (χ2n) is 5.49. The highest BCUT2D eigenvalue weighted by Gasteiger charge is 2.36. The Morgan fingerprint density at radius 1 is 1.43 bits per heavy atom. The van der Waals surface area contributed by atoms with E-state index in [0.29, 0.717) is 17.0 Å². The second kappa shape index (κ2) is 6.56. The fraction of sp³-hybridized carbons (Fsp3) is 0.294. The molecule has 0 aliphatic carbocycles. The molecule has 3 rings (SSSR count). The highest BCUT2D eigenvalue weighted by molar-refractivity contribution is 6.33. The summed E-state index contributed by atoms with van der Waals surface area (Å²) in [4.78, 5) is 18.4. The Labute approximate surface area is 139 Å². The van der Waals surface area contributed by atoms with Crippen LogP contribution in [-0.4, -0.2) is 40.7 Å². The van der Waals surface area contributed by atoms with Crippen LogP contribution >= 0.6 is 11.6 Å². The van der Waals surface area contributed by atoms with Gasteiger partial charge in [0.05, 0.1) is 29.8 Å². The molecule has 1 fully saturated rings. The number of amides is 1. The molecule has 6 heteroatoms. The van der Waals surface area contributed by atoms with Crippen molar-refractivity contribution in [1.29, 1.82) is 0 Å². The number of aliphatic hydroxyl groups excluding tert-OH is 1. The van der Waals surface area contributed by atoms with Crippen molar-refractivity contribution in [2.24, 2.45) is 0 Å². The number of aromatic nitrogens is 1. The third kappa shape index (κ3) is 3.16. The molecule has 2 heterocycles. The Kier molecular flexibility index (Phi) is 4.50. The molecule has 1 aliphatic heterocycles. The van der Waals surface area contributed by atoms with Crippen LogP contribution in [0.4, 0.5) is 0 Å². The minimum atomic E-state index is -0.559. The van der Waals surface area contributed by atoms with Gasteiger partial charge in [0.2, 0.25) is 0 Å². The number of ether oxygens (including phenoxy) is 1. The quantitative estimate of drug-likeness (QED) is 0.938. The second-order valence-corrected chi connectivity index (χ2v) is 5.90. The van der Waals surface area contributed by atoms with E-state index in [2.05, 4.69) is 4.98 Å². The van der Waals surface area contributed by atoms with E-state index in [4.69, 9.17) is 16.3 Å². The topological polar surface area (TPSA) is 62.7 Å². The number of halogens is 1. The predicted molar refractivity (Wildman–Crippen MR) is 86.6 cm³/mol. The molecule has 5 nitrogen and oxygen atoms in total. The van der Waals surface area contributed by atoms with Crippen LogP contribution in [0.1, 0.15) is 28.4 Å². The smallest absolute Gasteiger partial charge is 0.256 e. The predicted octanol–water partition coefficient (Wildman–Crippen LogP) is 2.69. The van der Waals surface area contributed by atoms with Gasteiger partial charge in [-0.05, 0) is 30.2 Å². The van der Waals surface area contributed by atoms with Crippen molar-refractivity contribution >= 4 is 17.5 Å². The number of benzene rings is 1. The van der Waals surface area contributed by atoms with E-state index in [1.165, 1.54) is 12.4 Å². The SMILES string of the molecule is COc1cccc([C@H]2C[C@H](O)CN2C(=O)c2ccncc2Cl)c1. The number of carbonyl (C=O) groups is 1. The summed E-state index contributed by atoms with van der Waals surface area (Å²) in [6, 6.07) is 8.92. The van der Waals surface area contributed by atoms with Gasteiger partial charge in [0.15, 0.2) is 0 Å². The normalized spacial score (nSPS) is 20.6. The van der Waals surface area contributed by atoms with Crippen LogP contribution in [0.25, 0.3) is 0 Å². The van der Waals surface area contributed by atoms with E-state index in [1.54, 1.807) is 18.1 Å². The Balaban J connectivity index is 1.93. The maximum absolute atomic E-state index is 12.8. The van der Waals surface area contributed by atoms with Crippen molar-refractivity contribution in [1.82, 2.24) is 9.88 Å². The number of carbonyl (C=O) groups excluding carboxylic acids is 1. The maximum Gasteiger partial charge on any atom is 0.256 e. The summed E-state index contributed by atoms with van der Waals surface area (Å²) in [5.74, 6) is 0.514. The third-order valence-corrected chi connectivity index (χ3v) is 4.32. The standard InChI is InChI=1S/C17H17ClN2O3/c1-23-13-4-2-3-11(7-13)16-8-12(21)10-20(16)17(22)14-5-6-19-9-15(14)18/h2-7,9,12,16,21H,8,10H2,1H3/t12-,16+/m0/s1. The molecule has 0 saturated carbocycles. The van der Waals surface area contributed by atoms with Crippen LogP contribution in [0.2, 0.25) is 5.02 Å². The van der Waals surface area contributed by atoms with Crippen LogP contribution in [0.15, 0.2) is 42.7 Å². The lowest BCUT2D eigenvalue weighted by Gasteiger charge is -2.25. The molecule has 23 heavy (non-hydrogen) atoms. The zero-order chi connectivity index (χ0) is 16.4. The largest absolute Gasteiger partial charge is 0.497 e. The monoisotopic (exact) mass is 332 g/mol. The first kappa shape index (κ1) is 15.8. The lowest BCUT2D eigenvalue weighted by molar-refractivity contribution is 0.0715. The van der Waals surface area contributed by atoms with Crippen LogP contribution in [0.5, 0.6) is 5.75 Å². The highest BCUT2D eigenvalue weighted by atomic mass is 35.5. The fourth-order valence-corrected chi connectivity index (χ4v) is 3.11. The van der Waals surface area contributed by atoms with Gasteiger partial charge in [0.1, 0.15) is 5.75 Å². The van der Waals surface area contributed by atoms with Gasteiger partial charge in [-0.3, -0.25) is 9.78 Å². The first-order valence-electron chi connectivity index (χ1n) is 7.32. The van der Waals surface area contributed by atoms with Gasteiger partial charge in [-0.2, -0.15) is 0 Å². The Hall–Kier alpha value is -2.11. The molecule has 1 amide bonds. The van der Waals surface area contributed by atoms with Crippen molar-refractivity contribution in [3.63, 3.8) is 0 Å². The number of aliphatic hydroxyl groups is 1. The van der Waals surface area contributed by atoms with Gasteiger partial charge in [0, 0.05) is 18.9 Å². The minimum Gasteiger partial charge on any atom is -0.497 e. The van der Waals surface area contributed by atoms with Crippen molar-refractivity contribution in [2.45, 2.75) is 18.6 Å². The summed E-state index contributed by atoms with van der Waals surface area (Å²) in [6.45, 7) is 0.277. The molecule has 0 spiro atoms. The number of pyridine rings is 1. The minimum absolute atomic E-state index is 0.207. The summed E-state index contributed by atoms with van der Waals surface area (Å²) in [5.41, 5.74) is 1.32. The van der Waals surface area contributed by atoms with Crippen LogP contribution in [-0.2, 0) is 0 Å². The van der Waals surface area contributed by atoms with E-state index in [1.807, 2.05) is 24.3 Å². The Morgan fingerprint density at radius 2 is 2.26 bits per heavy atom. The molecule has 120 valence electrons. The summed E-state index contributed by atoms with van der Waals surface area (Å²) < 4.78 is 5.25. The number of methoxy groups -OCH3 is 1. The Morgan fingerprint density at radius 3 is 3.00 bits per heavy atom. The van der Waals surface area contributed by atoms with Gasteiger partial charge in [-0.1, -0.05) is 23.7 Å². The van der Waals surface area contributed by atoms with Crippen molar-refractivity contribution in [3.05, 3.63) is 58.9 Å². The van der Waals surface area contributed by atoms with Crippen molar-refractivity contribution in [3.8, 4) is 5.75 Å². The van der Waals surface area contributed by atoms with E-state index < -0.39 is 6.10 Å². The van der Waals surface area contributed by atoms with E-state index >= 15 is 0 Å². The van der Waals surface area contributed by atoms with Crippen LogP contribution in [0.3, 0.4) is 0 Å². The number of hydrogen-bond donors (Lipinski definition) is 1. The van der Waals surface area contributed by atoms with Gasteiger partial charge < -0.3 is 14.7 Å². The molecular formula is C17H17ClN2O3. The van der Waals surface area contributed by atoms with E-state index in [-0.39, 0.29) is 18.5 Å². The van der Waals surface area contributed by atoms with E-state index in [9.17, 15) is 9.90 Å². The highest BCUT2D eigenvalue weighted by Crippen LogP contribution is 2.35. The number of β-amino-alcohol motifs (C(OH)–C–C–N with tert-alkyl or cyclic N) is 1. The number of nitrogens with zero attached hydrogens (tertiary/aromatic N) is 2. The van der Waals surface area contributed by atoms with Gasteiger partial charge >= 0.3 is 0 Å². The number of hydrogen-bond acceptors (Lipinski definition) is 4. The molecule has 1 saturated heterocycles. The molecule has 2 atom stereocenters. The first-order chi connectivity index (χ1) is 11.1. The van der Waals surface area contributed by atoms with Crippen LogP contribution in [0, 0.1) is 0 Å². The number of likely N-dealkylation sites (tertiary alicyclic amines) is 1. The fourth-order valence-electron chi connectivity index (χ4n) is 2.91. The van der Waals surface area contributed by atoms with Gasteiger partial charge in [-0.25, -0.2) is 0 Å². The lowest BCUT2D eigenvalue weighted by atomic mass is 10.0. The van der Waals surface area contributed by atoms with Crippen molar-refractivity contribution in [2.75, 3.05) is 13.7 Å². The molecule has 1 aromatic carbocycles. The third-order valence-electron chi connectivity index (χ3n) is 4.02. The zero-order valence-electron chi connectivity index (χ0n) is 12.6. The summed E-state index contributed by atoms with van der Waals surface area (Å²) in [5, 5.41) is 10.4. The maximum atomic E-state index is 12.8. The molecule has 1 aliphatic rings. The molecule has 0 unspecified atom stereocenters. The molecule has 1 aromatic heterocycles. The first-order valence-corrected chi connectivity index (χ1v) is 7.70. The zero-order valence-corrected chi connectivity index (χ0v) is 13.4. The van der Waals surface area contributed by atoms with Gasteiger partial charge in [-0.15, -0.1) is 0 Å². The Bertz CT molecular complexity index is 722. The number of rotatable bonds is 3.